The molecule has 0 spiro atoms. The molecule has 0 amide bonds. The first-order valence-corrected chi connectivity index (χ1v) is 6.35. The average Bonchev–Trinajstić information content (AvgIpc) is 2.31. The number of nitrogens with one attached hydrogen (secondary N) is 1. The Morgan fingerprint density at radius 2 is 2.28 bits per heavy atom. The molecule has 1 aromatic carbocycles. The van der Waals surface area contributed by atoms with Gasteiger partial charge in [0.05, 0.1) is 13.2 Å². The summed E-state index contributed by atoms with van der Waals surface area (Å²) in [6, 6.07) is 4.37. The second-order valence-electron chi connectivity index (χ2n) is 3.41. The van der Waals surface area contributed by atoms with Crippen LogP contribution in [0.3, 0.4) is 0 Å². The maximum absolute atomic E-state index is 12.8. The van der Waals surface area contributed by atoms with Crippen LogP contribution in [0.4, 0.5) is 10.1 Å². The van der Waals surface area contributed by atoms with Crippen molar-refractivity contribution in [3.8, 4) is 0 Å². The van der Waals surface area contributed by atoms with Gasteiger partial charge in [0.15, 0.2) is 0 Å². The third kappa shape index (κ3) is 5.46. The van der Waals surface area contributed by atoms with Gasteiger partial charge in [-0.05, 0) is 41.1 Å². The molecule has 0 saturated carbocycles. The Kier molecular flexibility index (Phi) is 6.67. The average molecular weight is 320 g/mol. The minimum Gasteiger partial charge on any atom is -0.464 e. The van der Waals surface area contributed by atoms with Crippen molar-refractivity contribution in [3.05, 3.63) is 28.5 Å². The number of hydrogen-bond acceptors (Lipinski definition) is 4. The van der Waals surface area contributed by atoms with Crippen LogP contribution in [0.2, 0.25) is 0 Å². The fourth-order valence-corrected chi connectivity index (χ4v) is 1.74. The van der Waals surface area contributed by atoms with E-state index in [4.69, 9.17) is 9.47 Å². The Morgan fingerprint density at radius 3 is 2.94 bits per heavy atom. The molecular weight excluding hydrogens is 305 g/mol. The van der Waals surface area contributed by atoms with E-state index in [9.17, 15) is 9.18 Å². The standard InChI is InChI=1S/C12H15BrFNO3/c1-2-18-12(16)8-17-6-5-15-11-4-3-9(14)7-10(11)13/h3-4,7,15H,2,5-6,8H2,1H3. The van der Waals surface area contributed by atoms with Gasteiger partial charge in [0, 0.05) is 16.7 Å². The van der Waals surface area contributed by atoms with Gasteiger partial charge in [-0.1, -0.05) is 0 Å². The number of halogens is 2. The highest BCUT2D eigenvalue weighted by Crippen LogP contribution is 2.22. The van der Waals surface area contributed by atoms with Gasteiger partial charge < -0.3 is 14.8 Å². The topological polar surface area (TPSA) is 47.6 Å². The first-order chi connectivity index (χ1) is 8.63. The summed E-state index contributed by atoms with van der Waals surface area (Å²) in [4.78, 5) is 11.0. The van der Waals surface area contributed by atoms with Crippen LogP contribution in [0.1, 0.15) is 6.92 Å². The van der Waals surface area contributed by atoms with E-state index >= 15 is 0 Å². The number of rotatable bonds is 7. The molecule has 0 unspecified atom stereocenters. The number of carbonyl (C=O) groups is 1. The molecule has 0 aliphatic carbocycles. The maximum atomic E-state index is 12.8. The lowest BCUT2D eigenvalue weighted by atomic mass is 10.3. The molecule has 0 saturated heterocycles. The molecule has 18 heavy (non-hydrogen) atoms. The monoisotopic (exact) mass is 319 g/mol. The molecule has 0 fully saturated rings. The summed E-state index contributed by atoms with van der Waals surface area (Å²) in [7, 11) is 0. The van der Waals surface area contributed by atoms with E-state index < -0.39 is 0 Å². The Morgan fingerprint density at radius 1 is 1.50 bits per heavy atom. The van der Waals surface area contributed by atoms with Crippen molar-refractivity contribution in [1.29, 1.82) is 0 Å². The number of esters is 1. The number of ether oxygens (including phenoxy) is 2. The summed E-state index contributed by atoms with van der Waals surface area (Å²) in [5, 5.41) is 3.06. The van der Waals surface area contributed by atoms with Gasteiger partial charge in [-0.25, -0.2) is 9.18 Å². The van der Waals surface area contributed by atoms with Gasteiger partial charge in [-0.2, -0.15) is 0 Å². The summed E-state index contributed by atoms with van der Waals surface area (Å²) in [5.41, 5.74) is 0.774. The number of carbonyl (C=O) groups excluding carboxylic acids is 1. The van der Waals surface area contributed by atoms with Crippen LogP contribution in [-0.4, -0.2) is 32.3 Å². The lowest BCUT2D eigenvalue weighted by Gasteiger charge is -2.09. The maximum Gasteiger partial charge on any atom is 0.332 e. The van der Waals surface area contributed by atoms with E-state index in [2.05, 4.69) is 21.2 Å². The van der Waals surface area contributed by atoms with E-state index in [0.717, 1.165) is 5.69 Å². The third-order valence-corrected chi connectivity index (χ3v) is 2.67. The van der Waals surface area contributed by atoms with E-state index in [0.29, 0.717) is 24.2 Å². The molecule has 1 aromatic rings. The highest BCUT2D eigenvalue weighted by Gasteiger charge is 2.02. The second-order valence-corrected chi connectivity index (χ2v) is 4.26. The number of benzene rings is 1. The molecule has 0 atom stereocenters. The molecular formula is C12H15BrFNO3. The molecule has 1 rings (SSSR count). The van der Waals surface area contributed by atoms with Crippen molar-refractivity contribution in [2.75, 3.05) is 31.7 Å². The smallest absolute Gasteiger partial charge is 0.332 e. The van der Waals surface area contributed by atoms with Crippen LogP contribution in [0, 0.1) is 5.82 Å². The predicted molar refractivity (Wildman–Crippen MR) is 70.0 cm³/mol. The molecule has 6 heteroatoms. The van der Waals surface area contributed by atoms with E-state index in [-0.39, 0.29) is 18.4 Å². The fraction of sp³-hybridized carbons (Fsp3) is 0.417. The highest BCUT2D eigenvalue weighted by molar-refractivity contribution is 9.10. The molecule has 0 aliphatic heterocycles. The van der Waals surface area contributed by atoms with Gasteiger partial charge in [0.2, 0.25) is 0 Å². The Labute approximate surface area is 114 Å². The quantitative estimate of drug-likeness (QED) is 0.620. The van der Waals surface area contributed by atoms with Crippen molar-refractivity contribution in [1.82, 2.24) is 0 Å². The molecule has 0 aromatic heterocycles. The number of anilines is 1. The van der Waals surface area contributed by atoms with E-state index in [1.807, 2.05) is 0 Å². The summed E-state index contributed by atoms with van der Waals surface area (Å²) in [6.45, 7) is 2.92. The SMILES string of the molecule is CCOC(=O)COCCNc1ccc(F)cc1Br. The van der Waals surface area contributed by atoms with Gasteiger partial charge >= 0.3 is 5.97 Å². The Hall–Kier alpha value is -1.14. The van der Waals surface area contributed by atoms with Crippen molar-refractivity contribution < 1.29 is 18.7 Å². The summed E-state index contributed by atoms with van der Waals surface area (Å²) >= 11 is 3.24. The van der Waals surface area contributed by atoms with Crippen LogP contribution in [0.15, 0.2) is 22.7 Å². The van der Waals surface area contributed by atoms with Gasteiger partial charge in [0.25, 0.3) is 0 Å². The normalized spacial score (nSPS) is 10.2. The molecule has 1 N–H and O–H groups in total. The van der Waals surface area contributed by atoms with Crippen LogP contribution in [0.5, 0.6) is 0 Å². The van der Waals surface area contributed by atoms with Crippen molar-refractivity contribution in [2.45, 2.75) is 6.92 Å². The van der Waals surface area contributed by atoms with Crippen molar-refractivity contribution in [3.63, 3.8) is 0 Å². The minimum atomic E-state index is -0.375. The first kappa shape index (κ1) is 14.9. The molecule has 0 radical (unpaired) electrons. The molecule has 0 bridgehead atoms. The van der Waals surface area contributed by atoms with Crippen molar-refractivity contribution in [2.24, 2.45) is 0 Å². The van der Waals surface area contributed by atoms with Crippen molar-refractivity contribution >= 4 is 27.6 Å². The summed E-state index contributed by atoms with van der Waals surface area (Å²) in [6.07, 6.45) is 0. The lowest BCUT2D eigenvalue weighted by Crippen LogP contribution is -2.16. The fourth-order valence-electron chi connectivity index (χ4n) is 1.25. The summed E-state index contributed by atoms with van der Waals surface area (Å²) in [5.74, 6) is -0.675. The van der Waals surface area contributed by atoms with E-state index in [1.54, 1.807) is 13.0 Å². The van der Waals surface area contributed by atoms with Crippen LogP contribution < -0.4 is 5.32 Å². The van der Waals surface area contributed by atoms with Gasteiger partial charge in [-0.15, -0.1) is 0 Å². The first-order valence-electron chi connectivity index (χ1n) is 5.55. The third-order valence-electron chi connectivity index (χ3n) is 2.02. The largest absolute Gasteiger partial charge is 0.464 e. The van der Waals surface area contributed by atoms with Gasteiger partial charge in [0.1, 0.15) is 12.4 Å². The minimum absolute atomic E-state index is 0.0554. The van der Waals surface area contributed by atoms with Crippen LogP contribution >= 0.6 is 15.9 Å². The zero-order chi connectivity index (χ0) is 13.4. The van der Waals surface area contributed by atoms with Crippen LogP contribution in [-0.2, 0) is 14.3 Å². The Balaban J connectivity index is 2.20. The summed E-state index contributed by atoms with van der Waals surface area (Å²) < 4.78 is 23.3. The Bertz CT molecular complexity index is 401. The predicted octanol–water partition coefficient (Wildman–Crippen LogP) is 2.58. The van der Waals surface area contributed by atoms with E-state index in [1.165, 1.54) is 12.1 Å². The van der Waals surface area contributed by atoms with Crippen LogP contribution in [0.25, 0.3) is 0 Å². The zero-order valence-corrected chi connectivity index (χ0v) is 11.6. The second kappa shape index (κ2) is 8.05. The molecule has 100 valence electrons. The number of hydrogen-bond donors (Lipinski definition) is 1. The molecule has 0 heterocycles. The van der Waals surface area contributed by atoms with Gasteiger partial charge in [-0.3, -0.25) is 0 Å². The molecule has 4 nitrogen and oxygen atoms in total. The highest BCUT2D eigenvalue weighted by atomic mass is 79.9. The zero-order valence-electron chi connectivity index (χ0n) is 10.0. The lowest BCUT2D eigenvalue weighted by molar-refractivity contribution is -0.148. The molecule has 0 aliphatic rings.